The first kappa shape index (κ1) is 32.9. The molecule has 11 heteroatoms. The van der Waals surface area contributed by atoms with Gasteiger partial charge in [0.2, 0.25) is 11.8 Å². The molecule has 2 amide bonds. The second kappa shape index (κ2) is 16.2. The molecule has 2 fully saturated rings. The average Bonchev–Trinajstić information content (AvgIpc) is 3.03. The fourth-order valence-electron chi connectivity index (χ4n) is 5.44. The Bertz CT molecular complexity index is 1390. The largest absolute Gasteiger partial charge is 0.457 e. The highest BCUT2D eigenvalue weighted by atomic mass is 35.5. The van der Waals surface area contributed by atoms with Gasteiger partial charge in [0.15, 0.2) is 0 Å². The maximum Gasteiger partial charge on any atom is 0.254 e. The average molecular weight is 621 g/mol. The molecule has 0 radical (unpaired) electrons. The number of amides is 2. The summed E-state index contributed by atoms with van der Waals surface area (Å²) in [6.45, 7) is 7.71. The van der Waals surface area contributed by atoms with Crippen LogP contribution < -0.4 is 20.9 Å². The quantitative estimate of drug-likeness (QED) is 0.308. The van der Waals surface area contributed by atoms with E-state index in [1.807, 2.05) is 47.4 Å². The molecular formula is C33H41ClN6O4. The lowest BCUT2D eigenvalue weighted by Gasteiger charge is -2.34. The third kappa shape index (κ3) is 9.03. The normalized spacial score (nSPS) is 16.4. The Morgan fingerprint density at radius 2 is 1.43 bits per heavy atom. The first-order valence-corrected chi connectivity index (χ1v) is 14.9. The van der Waals surface area contributed by atoms with E-state index in [4.69, 9.17) is 25.9 Å². The fourth-order valence-corrected chi connectivity index (χ4v) is 5.44. The molecule has 5 rings (SSSR count). The molecule has 0 saturated carbocycles. The van der Waals surface area contributed by atoms with Crippen LogP contribution in [0.2, 0.25) is 0 Å². The Balaban J connectivity index is 0.00000442. The number of piperazine rings is 1. The second-order valence-electron chi connectivity index (χ2n) is 10.9. The summed E-state index contributed by atoms with van der Waals surface area (Å²) in [4.78, 5) is 36.3. The number of benzene rings is 2. The lowest BCUT2D eigenvalue weighted by Crippen LogP contribution is -2.47. The first-order valence-electron chi connectivity index (χ1n) is 14.9. The van der Waals surface area contributed by atoms with Gasteiger partial charge in [-0.2, -0.15) is 0 Å². The van der Waals surface area contributed by atoms with Crippen molar-refractivity contribution in [1.82, 2.24) is 19.7 Å². The lowest BCUT2D eigenvalue weighted by molar-refractivity contribution is -0.127. The van der Waals surface area contributed by atoms with Crippen LogP contribution in [0, 0.1) is 0 Å². The number of nitrogens with two attached hydrogens (primary N) is 2. The van der Waals surface area contributed by atoms with Crippen LogP contribution in [0.15, 0.2) is 78.9 Å². The number of ether oxygens (including phenoxy) is 2. The van der Waals surface area contributed by atoms with E-state index >= 15 is 0 Å². The number of halogens is 1. The van der Waals surface area contributed by atoms with Crippen molar-refractivity contribution in [2.75, 3.05) is 58.9 Å². The molecule has 0 aliphatic carbocycles. The van der Waals surface area contributed by atoms with Gasteiger partial charge in [0.25, 0.3) is 5.91 Å². The molecule has 4 N–H and O–H groups in total. The van der Waals surface area contributed by atoms with Crippen molar-refractivity contribution < 1.29 is 19.1 Å². The Morgan fingerprint density at radius 3 is 2.07 bits per heavy atom. The van der Waals surface area contributed by atoms with Crippen LogP contribution in [0.4, 0.5) is 0 Å². The van der Waals surface area contributed by atoms with Crippen LogP contribution in [-0.4, -0.2) is 90.4 Å². The number of para-hydroxylation sites is 1. The van der Waals surface area contributed by atoms with Gasteiger partial charge in [0.1, 0.15) is 22.8 Å². The van der Waals surface area contributed by atoms with Gasteiger partial charge in [-0.25, -0.2) is 4.98 Å². The SMILES string of the molecule is Cl.NCCN1CCN(C/C=C/C(=O)N2CCC(c3ccc(C(N)=O)c(Oc4ccc(Oc5ccccc5)cc4)n3)CC2)CC1. The van der Waals surface area contributed by atoms with E-state index in [2.05, 4.69) is 9.80 Å². The predicted molar refractivity (Wildman–Crippen MR) is 173 cm³/mol. The Labute approximate surface area is 265 Å². The van der Waals surface area contributed by atoms with Gasteiger partial charge in [-0.05, 0) is 61.4 Å². The highest BCUT2D eigenvalue weighted by Crippen LogP contribution is 2.32. The van der Waals surface area contributed by atoms with Crippen LogP contribution >= 0.6 is 12.4 Å². The molecule has 0 unspecified atom stereocenters. The zero-order chi connectivity index (χ0) is 30.0. The van der Waals surface area contributed by atoms with Crippen LogP contribution in [0.5, 0.6) is 23.1 Å². The lowest BCUT2D eigenvalue weighted by atomic mass is 9.92. The van der Waals surface area contributed by atoms with Crippen molar-refractivity contribution in [3.8, 4) is 23.1 Å². The number of primary amides is 1. The molecule has 234 valence electrons. The summed E-state index contributed by atoms with van der Waals surface area (Å²) in [6, 6.07) is 20.1. The van der Waals surface area contributed by atoms with Gasteiger partial charge in [0, 0.05) is 76.6 Å². The molecule has 1 aromatic heterocycles. The van der Waals surface area contributed by atoms with E-state index in [9.17, 15) is 9.59 Å². The molecule has 10 nitrogen and oxygen atoms in total. The van der Waals surface area contributed by atoms with Crippen molar-refractivity contribution in [1.29, 1.82) is 0 Å². The highest BCUT2D eigenvalue weighted by Gasteiger charge is 2.25. The van der Waals surface area contributed by atoms with Gasteiger partial charge in [-0.1, -0.05) is 24.3 Å². The number of hydrogen-bond donors (Lipinski definition) is 2. The Kier molecular flexibility index (Phi) is 12.1. The van der Waals surface area contributed by atoms with Crippen molar-refractivity contribution in [3.63, 3.8) is 0 Å². The van der Waals surface area contributed by atoms with Crippen molar-refractivity contribution in [2.24, 2.45) is 11.5 Å². The Hall–Kier alpha value is -3.96. The molecule has 0 atom stereocenters. The van der Waals surface area contributed by atoms with E-state index in [0.717, 1.165) is 63.6 Å². The van der Waals surface area contributed by atoms with E-state index < -0.39 is 5.91 Å². The van der Waals surface area contributed by atoms with Gasteiger partial charge < -0.3 is 25.8 Å². The summed E-state index contributed by atoms with van der Waals surface area (Å²) in [5.74, 6) is 1.66. The molecule has 2 aliphatic heterocycles. The number of carbonyl (C=O) groups excluding carboxylic acids is 2. The summed E-state index contributed by atoms with van der Waals surface area (Å²) >= 11 is 0. The topological polar surface area (TPSA) is 127 Å². The van der Waals surface area contributed by atoms with Gasteiger partial charge in [-0.15, -0.1) is 12.4 Å². The number of nitrogens with zero attached hydrogens (tertiary/aromatic N) is 4. The molecular weight excluding hydrogens is 580 g/mol. The molecule has 0 bridgehead atoms. The number of aromatic nitrogens is 1. The minimum atomic E-state index is -0.609. The van der Waals surface area contributed by atoms with Crippen LogP contribution in [0.3, 0.4) is 0 Å². The first-order chi connectivity index (χ1) is 21.0. The second-order valence-corrected chi connectivity index (χ2v) is 10.9. The molecule has 0 spiro atoms. The van der Waals surface area contributed by atoms with Crippen LogP contribution in [0.25, 0.3) is 0 Å². The van der Waals surface area contributed by atoms with E-state index in [-0.39, 0.29) is 35.7 Å². The molecule has 2 aliphatic rings. The minimum absolute atomic E-state index is 0. The van der Waals surface area contributed by atoms with Crippen LogP contribution in [-0.2, 0) is 4.79 Å². The van der Waals surface area contributed by atoms with Crippen LogP contribution in [0.1, 0.15) is 34.8 Å². The summed E-state index contributed by atoms with van der Waals surface area (Å²) in [7, 11) is 0. The van der Waals surface area contributed by atoms with E-state index in [1.54, 1.807) is 36.4 Å². The summed E-state index contributed by atoms with van der Waals surface area (Å²) in [6.07, 6.45) is 5.22. The number of likely N-dealkylation sites (tertiary alicyclic amines) is 1. The number of rotatable bonds is 11. The molecule has 3 aromatic rings. The van der Waals surface area contributed by atoms with Gasteiger partial charge in [0.05, 0.1) is 0 Å². The zero-order valence-electron chi connectivity index (χ0n) is 24.8. The monoisotopic (exact) mass is 620 g/mol. The number of carbonyl (C=O) groups is 2. The number of pyridine rings is 1. The van der Waals surface area contributed by atoms with Crippen molar-refractivity contribution in [2.45, 2.75) is 18.8 Å². The summed E-state index contributed by atoms with van der Waals surface area (Å²) in [5, 5.41) is 0. The highest BCUT2D eigenvalue weighted by molar-refractivity contribution is 5.95. The fraction of sp³-hybridized carbons (Fsp3) is 0.364. The molecule has 3 heterocycles. The predicted octanol–water partition coefficient (Wildman–Crippen LogP) is 4.03. The minimum Gasteiger partial charge on any atom is -0.457 e. The number of piperidine rings is 1. The smallest absolute Gasteiger partial charge is 0.254 e. The molecule has 2 saturated heterocycles. The van der Waals surface area contributed by atoms with E-state index in [0.29, 0.717) is 31.1 Å². The van der Waals surface area contributed by atoms with Gasteiger partial charge in [-0.3, -0.25) is 19.4 Å². The third-order valence-corrected chi connectivity index (χ3v) is 7.92. The molecule has 44 heavy (non-hydrogen) atoms. The zero-order valence-corrected chi connectivity index (χ0v) is 25.7. The maximum atomic E-state index is 12.8. The number of hydrogen-bond acceptors (Lipinski definition) is 8. The third-order valence-electron chi connectivity index (χ3n) is 7.92. The Morgan fingerprint density at radius 1 is 0.818 bits per heavy atom. The van der Waals surface area contributed by atoms with E-state index in [1.165, 1.54) is 0 Å². The van der Waals surface area contributed by atoms with Crippen molar-refractivity contribution in [3.05, 3.63) is 90.1 Å². The maximum absolute atomic E-state index is 12.8. The summed E-state index contributed by atoms with van der Waals surface area (Å²) in [5.41, 5.74) is 12.3. The van der Waals surface area contributed by atoms with Gasteiger partial charge >= 0.3 is 0 Å². The standard InChI is InChI=1S/C33H40N6O4.ClH/c34-16-20-38-23-21-37(22-24-38)17-4-7-31(40)39-18-14-25(15-19-39)30-13-12-29(32(35)41)33(36-30)43-28-10-8-27(9-11-28)42-26-5-2-1-3-6-26;/h1-13,25H,14-24,34H2,(H2,35,41);1H/b7-4+;. The summed E-state index contributed by atoms with van der Waals surface area (Å²) < 4.78 is 11.9. The van der Waals surface area contributed by atoms with Crippen molar-refractivity contribution >= 4 is 24.2 Å². The molecule has 2 aromatic carbocycles.